The molecule has 0 aliphatic carbocycles. The van der Waals surface area contributed by atoms with Crippen molar-refractivity contribution in [3.05, 3.63) is 58.1 Å². The second kappa shape index (κ2) is 9.72. The van der Waals surface area contributed by atoms with Crippen LogP contribution in [0, 0.1) is 6.92 Å². The summed E-state index contributed by atoms with van der Waals surface area (Å²) in [5.41, 5.74) is 1.28. The molecule has 3 rings (SSSR count). The number of hydrogen-bond acceptors (Lipinski definition) is 5. The van der Waals surface area contributed by atoms with E-state index in [0.29, 0.717) is 24.3 Å². The molecule has 160 valence electrons. The molecule has 0 aromatic heterocycles. The lowest BCUT2D eigenvalue weighted by Gasteiger charge is -2.26. The van der Waals surface area contributed by atoms with Crippen molar-refractivity contribution in [2.45, 2.75) is 31.1 Å². The Kier molecular flexibility index (Phi) is 7.27. The summed E-state index contributed by atoms with van der Waals surface area (Å²) in [6.45, 7) is 2.17. The van der Waals surface area contributed by atoms with Gasteiger partial charge in [0.2, 0.25) is 10.0 Å². The average molecular weight is 495 g/mol. The monoisotopic (exact) mass is 494 g/mol. The maximum atomic E-state index is 12.9. The van der Waals surface area contributed by atoms with Crippen molar-refractivity contribution in [3.63, 3.8) is 0 Å². The van der Waals surface area contributed by atoms with E-state index in [4.69, 9.17) is 4.74 Å². The van der Waals surface area contributed by atoms with Gasteiger partial charge in [-0.3, -0.25) is 4.79 Å². The topological polar surface area (TPSA) is 92.8 Å². The van der Waals surface area contributed by atoms with Gasteiger partial charge < -0.3 is 10.1 Å². The minimum absolute atomic E-state index is 0.0567. The summed E-state index contributed by atoms with van der Waals surface area (Å²) in [4.78, 5) is 24.6. The number of rotatable bonds is 6. The summed E-state index contributed by atoms with van der Waals surface area (Å²) >= 11 is 3.31. The second-order valence-electron chi connectivity index (χ2n) is 7.07. The zero-order chi connectivity index (χ0) is 21.7. The number of benzene rings is 2. The minimum Gasteiger partial charge on any atom is -0.452 e. The summed E-state index contributed by atoms with van der Waals surface area (Å²) in [5.74, 6) is -1.23. The third kappa shape index (κ3) is 5.47. The van der Waals surface area contributed by atoms with E-state index < -0.39 is 28.5 Å². The third-order valence-electron chi connectivity index (χ3n) is 4.84. The first kappa shape index (κ1) is 22.5. The molecule has 1 aliphatic heterocycles. The molecule has 0 bridgehead atoms. The summed E-state index contributed by atoms with van der Waals surface area (Å²) in [7, 11) is -3.67. The molecule has 1 amide bonds. The molecule has 1 saturated heterocycles. The predicted octanol–water partition coefficient (Wildman–Crippen LogP) is 3.73. The lowest BCUT2D eigenvalue weighted by Crippen LogP contribution is -2.35. The van der Waals surface area contributed by atoms with Gasteiger partial charge in [-0.15, -0.1) is 0 Å². The van der Waals surface area contributed by atoms with E-state index in [1.54, 1.807) is 37.3 Å². The number of sulfonamides is 1. The molecule has 0 saturated carbocycles. The number of piperidine rings is 1. The molecule has 7 nitrogen and oxygen atoms in total. The molecule has 1 heterocycles. The molecule has 2 aromatic carbocycles. The maximum Gasteiger partial charge on any atom is 0.338 e. The Morgan fingerprint density at radius 1 is 1.07 bits per heavy atom. The van der Waals surface area contributed by atoms with Crippen LogP contribution in [0.25, 0.3) is 0 Å². The van der Waals surface area contributed by atoms with Gasteiger partial charge in [-0.05, 0) is 61.7 Å². The molecule has 0 spiro atoms. The van der Waals surface area contributed by atoms with E-state index in [9.17, 15) is 18.0 Å². The minimum atomic E-state index is -3.67. The van der Waals surface area contributed by atoms with Crippen LogP contribution < -0.4 is 5.32 Å². The molecule has 0 unspecified atom stereocenters. The first-order valence-corrected chi connectivity index (χ1v) is 11.8. The number of halogens is 1. The fraction of sp³-hybridized carbons (Fsp3) is 0.333. The van der Waals surface area contributed by atoms with E-state index in [0.717, 1.165) is 23.7 Å². The Morgan fingerprint density at radius 3 is 2.40 bits per heavy atom. The lowest BCUT2D eigenvalue weighted by molar-refractivity contribution is -0.119. The largest absolute Gasteiger partial charge is 0.452 e. The Hall–Kier alpha value is -2.23. The highest BCUT2D eigenvalue weighted by atomic mass is 79.9. The average Bonchev–Trinajstić information content (AvgIpc) is 2.74. The van der Waals surface area contributed by atoms with Crippen LogP contribution >= 0.6 is 15.9 Å². The van der Waals surface area contributed by atoms with Crippen LogP contribution in [-0.4, -0.2) is 44.3 Å². The third-order valence-corrected chi connectivity index (χ3v) is 7.27. The number of carbonyl (C=O) groups is 2. The maximum absolute atomic E-state index is 12.9. The smallest absolute Gasteiger partial charge is 0.338 e. The standard InChI is InChI=1S/C21H23BrN2O5S/c1-15-5-10-18(30(27,28)24-11-3-2-4-12-24)13-19(15)21(26)29-14-20(25)23-17-8-6-16(22)7-9-17/h5-10,13H,2-4,11-12,14H2,1H3,(H,23,25). The first-order chi connectivity index (χ1) is 14.3. The van der Waals surface area contributed by atoms with E-state index in [2.05, 4.69) is 21.2 Å². The number of aryl methyl sites for hydroxylation is 1. The number of amides is 1. The first-order valence-electron chi connectivity index (χ1n) is 9.61. The van der Waals surface area contributed by atoms with Crippen LogP contribution in [0.4, 0.5) is 5.69 Å². The number of anilines is 1. The Labute approximate surface area is 184 Å². The van der Waals surface area contributed by atoms with Gasteiger partial charge in [0.25, 0.3) is 5.91 Å². The molecule has 1 N–H and O–H groups in total. The van der Waals surface area contributed by atoms with Gasteiger partial charge in [-0.25, -0.2) is 13.2 Å². The van der Waals surface area contributed by atoms with Crippen LogP contribution in [0.1, 0.15) is 35.2 Å². The van der Waals surface area contributed by atoms with Crippen molar-refractivity contribution in [2.75, 3.05) is 25.0 Å². The predicted molar refractivity (Wildman–Crippen MR) is 117 cm³/mol. The number of hydrogen-bond donors (Lipinski definition) is 1. The quantitative estimate of drug-likeness (QED) is 0.617. The Bertz CT molecular complexity index is 1030. The zero-order valence-corrected chi connectivity index (χ0v) is 19.0. The van der Waals surface area contributed by atoms with Crippen molar-refractivity contribution >= 4 is 43.5 Å². The molecule has 9 heteroatoms. The van der Waals surface area contributed by atoms with Gasteiger partial charge in [-0.1, -0.05) is 28.4 Å². The van der Waals surface area contributed by atoms with Crippen molar-refractivity contribution in [1.29, 1.82) is 0 Å². The molecule has 30 heavy (non-hydrogen) atoms. The fourth-order valence-electron chi connectivity index (χ4n) is 3.17. The van der Waals surface area contributed by atoms with Gasteiger partial charge in [0.15, 0.2) is 6.61 Å². The zero-order valence-electron chi connectivity index (χ0n) is 16.6. The van der Waals surface area contributed by atoms with Gasteiger partial charge in [-0.2, -0.15) is 4.31 Å². The number of esters is 1. The summed E-state index contributed by atoms with van der Waals surface area (Å²) in [5, 5.41) is 2.63. The second-order valence-corrected chi connectivity index (χ2v) is 9.93. The number of ether oxygens (including phenoxy) is 1. The highest BCUT2D eigenvalue weighted by Gasteiger charge is 2.27. The molecule has 0 atom stereocenters. The van der Waals surface area contributed by atoms with Crippen LogP contribution in [0.3, 0.4) is 0 Å². The fourth-order valence-corrected chi connectivity index (χ4v) is 4.98. The van der Waals surface area contributed by atoms with Gasteiger partial charge in [0.05, 0.1) is 10.5 Å². The Balaban J connectivity index is 1.67. The van der Waals surface area contributed by atoms with Crippen molar-refractivity contribution in [3.8, 4) is 0 Å². The number of nitrogens with zero attached hydrogens (tertiary/aromatic N) is 1. The van der Waals surface area contributed by atoms with Crippen LogP contribution in [0.5, 0.6) is 0 Å². The highest BCUT2D eigenvalue weighted by Crippen LogP contribution is 2.23. The summed E-state index contributed by atoms with van der Waals surface area (Å²) in [6.07, 6.45) is 2.67. The van der Waals surface area contributed by atoms with E-state index in [-0.39, 0.29) is 10.5 Å². The van der Waals surface area contributed by atoms with E-state index in [1.165, 1.54) is 16.4 Å². The SMILES string of the molecule is Cc1ccc(S(=O)(=O)N2CCCCC2)cc1C(=O)OCC(=O)Nc1ccc(Br)cc1. The van der Waals surface area contributed by atoms with E-state index in [1.807, 2.05) is 0 Å². The number of nitrogens with one attached hydrogen (secondary N) is 1. The molecule has 2 aromatic rings. The van der Waals surface area contributed by atoms with Gasteiger partial charge in [0, 0.05) is 23.2 Å². The van der Waals surface area contributed by atoms with Crippen molar-refractivity contribution in [2.24, 2.45) is 0 Å². The van der Waals surface area contributed by atoms with E-state index >= 15 is 0 Å². The molecule has 1 aliphatic rings. The highest BCUT2D eigenvalue weighted by molar-refractivity contribution is 9.10. The molecular weight excluding hydrogens is 472 g/mol. The summed E-state index contributed by atoms with van der Waals surface area (Å²) in [6, 6.07) is 11.4. The number of carbonyl (C=O) groups excluding carboxylic acids is 2. The molecule has 1 fully saturated rings. The van der Waals surface area contributed by atoms with Gasteiger partial charge in [0.1, 0.15) is 0 Å². The lowest BCUT2D eigenvalue weighted by atomic mass is 10.1. The van der Waals surface area contributed by atoms with Crippen molar-refractivity contribution < 1.29 is 22.7 Å². The van der Waals surface area contributed by atoms with Crippen LogP contribution in [0.15, 0.2) is 51.8 Å². The summed E-state index contributed by atoms with van der Waals surface area (Å²) < 4.78 is 33.2. The van der Waals surface area contributed by atoms with Crippen molar-refractivity contribution in [1.82, 2.24) is 4.31 Å². The van der Waals surface area contributed by atoms with Crippen LogP contribution in [0.2, 0.25) is 0 Å². The Morgan fingerprint density at radius 2 is 1.73 bits per heavy atom. The molecular formula is C21H23BrN2O5S. The normalized spacial score (nSPS) is 14.9. The molecule has 0 radical (unpaired) electrons. The van der Waals surface area contributed by atoms with Crippen LogP contribution in [-0.2, 0) is 19.6 Å². The van der Waals surface area contributed by atoms with Gasteiger partial charge >= 0.3 is 5.97 Å².